The van der Waals surface area contributed by atoms with Crippen LogP contribution in [0, 0.1) is 6.92 Å². The van der Waals surface area contributed by atoms with Crippen molar-refractivity contribution in [1.29, 1.82) is 0 Å². The molecule has 0 radical (unpaired) electrons. The van der Waals surface area contributed by atoms with Crippen molar-refractivity contribution >= 4 is 0 Å². The van der Waals surface area contributed by atoms with Gasteiger partial charge in [-0.2, -0.15) is 0 Å². The summed E-state index contributed by atoms with van der Waals surface area (Å²) in [4.78, 5) is 0. The zero-order valence-electron chi connectivity index (χ0n) is 9.09. The lowest BCUT2D eigenvalue weighted by Crippen LogP contribution is -2.12. The molecule has 1 rings (SSSR count). The number of nitrogens with two attached hydrogens (primary N) is 1. The maximum absolute atomic E-state index is 6.08. The predicted molar refractivity (Wildman–Crippen MR) is 62.3 cm³/mol. The quantitative estimate of drug-likeness (QED) is 0.723. The molecule has 76 valence electrons. The van der Waals surface area contributed by atoms with Gasteiger partial charge in [0.25, 0.3) is 0 Å². The Morgan fingerprint density at radius 1 is 1.50 bits per heavy atom. The maximum atomic E-state index is 6.08. The van der Waals surface area contributed by atoms with E-state index in [9.17, 15) is 0 Å². The Kier molecular flexibility index (Phi) is 3.90. The van der Waals surface area contributed by atoms with Crippen LogP contribution in [0.15, 0.2) is 30.9 Å². The van der Waals surface area contributed by atoms with E-state index in [4.69, 9.17) is 5.73 Å². The summed E-state index contributed by atoms with van der Waals surface area (Å²) < 4.78 is 0. The lowest BCUT2D eigenvalue weighted by molar-refractivity contribution is 0.729. The van der Waals surface area contributed by atoms with Gasteiger partial charge in [0.2, 0.25) is 0 Å². The predicted octanol–water partition coefficient (Wildman–Crippen LogP) is 3.13. The van der Waals surface area contributed by atoms with Crippen molar-refractivity contribution in [3.8, 4) is 0 Å². The van der Waals surface area contributed by atoms with Gasteiger partial charge >= 0.3 is 0 Å². The summed E-state index contributed by atoms with van der Waals surface area (Å²) in [5, 5.41) is 0. The fourth-order valence-electron chi connectivity index (χ4n) is 1.86. The summed E-state index contributed by atoms with van der Waals surface area (Å²) in [5.41, 5.74) is 10.1. The van der Waals surface area contributed by atoms with Crippen LogP contribution in [0.4, 0.5) is 0 Å². The zero-order chi connectivity index (χ0) is 10.6. The fraction of sp³-hybridized carbons (Fsp3) is 0.385. The smallest absolute Gasteiger partial charge is 0.0332 e. The first-order valence-electron chi connectivity index (χ1n) is 5.15. The van der Waals surface area contributed by atoms with E-state index in [1.165, 1.54) is 16.7 Å². The van der Waals surface area contributed by atoms with Gasteiger partial charge in [0.15, 0.2) is 0 Å². The first kappa shape index (κ1) is 11.0. The first-order valence-corrected chi connectivity index (χ1v) is 5.15. The highest BCUT2D eigenvalue weighted by Gasteiger charge is 2.09. The van der Waals surface area contributed by atoms with Gasteiger partial charge in [-0.15, -0.1) is 6.58 Å². The Hall–Kier alpha value is -1.08. The van der Waals surface area contributed by atoms with Gasteiger partial charge in [0.05, 0.1) is 0 Å². The molecule has 1 heteroatoms. The van der Waals surface area contributed by atoms with Crippen molar-refractivity contribution in [2.75, 3.05) is 0 Å². The normalized spacial score (nSPS) is 12.5. The summed E-state index contributed by atoms with van der Waals surface area (Å²) in [6.07, 6.45) is 3.77. The molecule has 2 N–H and O–H groups in total. The molecule has 14 heavy (non-hydrogen) atoms. The van der Waals surface area contributed by atoms with Gasteiger partial charge in [-0.05, 0) is 36.5 Å². The molecule has 1 aromatic rings. The Bertz CT molecular complexity index is 315. The van der Waals surface area contributed by atoms with E-state index in [1.54, 1.807) is 0 Å². The van der Waals surface area contributed by atoms with E-state index in [1.807, 2.05) is 6.08 Å². The van der Waals surface area contributed by atoms with Crippen LogP contribution < -0.4 is 5.73 Å². The highest BCUT2D eigenvalue weighted by molar-refractivity contribution is 5.36. The molecule has 0 spiro atoms. The van der Waals surface area contributed by atoms with E-state index in [-0.39, 0.29) is 6.04 Å². The van der Waals surface area contributed by atoms with Crippen molar-refractivity contribution in [1.82, 2.24) is 0 Å². The van der Waals surface area contributed by atoms with E-state index in [2.05, 4.69) is 38.6 Å². The largest absolute Gasteiger partial charge is 0.324 e. The van der Waals surface area contributed by atoms with Crippen LogP contribution in [-0.4, -0.2) is 0 Å². The van der Waals surface area contributed by atoms with Gasteiger partial charge in [0.1, 0.15) is 0 Å². The zero-order valence-corrected chi connectivity index (χ0v) is 9.09. The first-order chi connectivity index (χ1) is 6.70. The molecule has 0 fully saturated rings. The summed E-state index contributed by atoms with van der Waals surface area (Å²) in [6, 6.07) is 6.44. The Morgan fingerprint density at radius 3 is 2.79 bits per heavy atom. The standard InChI is InChI=1S/C13H19N/c1-4-7-13(14)12-9-6-8-10(3)11(12)5-2/h4,6,8-9,13H,1,5,7,14H2,2-3H3/t13-/m0/s1. The Labute approximate surface area is 86.6 Å². The fourth-order valence-corrected chi connectivity index (χ4v) is 1.86. The van der Waals surface area contributed by atoms with E-state index >= 15 is 0 Å². The molecule has 0 bridgehead atoms. The van der Waals surface area contributed by atoms with Crippen LogP contribution in [-0.2, 0) is 6.42 Å². The van der Waals surface area contributed by atoms with Crippen LogP contribution in [0.1, 0.15) is 36.1 Å². The average molecular weight is 189 g/mol. The molecule has 0 aromatic heterocycles. The monoisotopic (exact) mass is 189 g/mol. The topological polar surface area (TPSA) is 26.0 Å². The number of rotatable bonds is 4. The minimum Gasteiger partial charge on any atom is -0.324 e. The summed E-state index contributed by atoms with van der Waals surface area (Å²) in [7, 11) is 0. The van der Waals surface area contributed by atoms with Gasteiger partial charge in [0, 0.05) is 6.04 Å². The molecular formula is C13H19N. The second-order valence-electron chi connectivity index (χ2n) is 3.63. The van der Waals surface area contributed by atoms with Crippen LogP contribution >= 0.6 is 0 Å². The van der Waals surface area contributed by atoms with Crippen molar-refractivity contribution < 1.29 is 0 Å². The molecule has 0 aliphatic carbocycles. The minimum atomic E-state index is 0.0994. The lowest BCUT2D eigenvalue weighted by Gasteiger charge is -2.16. The lowest BCUT2D eigenvalue weighted by atomic mass is 9.93. The third-order valence-corrected chi connectivity index (χ3v) is 2.62. The van der Waals surface area contributed by atoms with Crippen molar-refractivity contribution in [2.24, 2.45) is 5.73 Å². The Morgan fingerprint density at radius 2 is 2.21 bits per heavy atom. The SMILES string of the molecule is C=CC[C@H](N)c1cccc(C)c1CC. The molecule has 0 saturated carbocycles. The van der Waals surface area contributed by atoms with Crippen molar-refractivity contribution in [3.05, 3.63) is 47.5 Å². The maximum Gasteiger partial charge on any atom is 0.0332 e. The average Bonchev–Trinajstić information content (AvgIpc) is 2.17. The van der Waals surface area contributed by atoms with Crippen molar-refractivity contribution in [3.63, 3.8) is 0 Å². The van der Waals surface area contributed by atoms with Gasteiger partial charge in [-0.1, -0.05) is 31.2 Å². The number of aryl methyl sites for hydroxylation is 1. The third kappa shape index (κ3) is 2.24. The molecule has 1 nitrogen and oxygen atoms in total. The van der Waals surface area contributed by atoms with E-state index < -0.39 is 0 Å². The number of benzene rings is 1. The summed E-state index contributed by atoms with van der Waals surface area (Å²) in [5.74, 6) is 0. The second kappa shape index (κ2) is 4.97. The third-order valence-electron chi connectivity index (χ3n) is 2.62. The highest BCUT2D eigenvalue weighted by atomic mass is 14.6. The molecule has 0 aliphatic heterocycles. The molecule has 1 aromatic carbocycles. The molecule has 0 saturated heterocycles. The Balaban J connectivity index is 3.06. The van der Waals surface area contributed by atoms with Crippen LogP contribution in [0.3, 0.4) is 0 Å². The molecule has 0 unspecified atom stereocenters. The van der Waals surface area contributed by atoms with E-state index in [0.29, 0.717) is 0 Å². The number of hydrogen-bond donors (Lipinski definition) is 1. The minimum absolute atomic E-state index is 0.0994. The molecule has 0 amide bonds. The van der Waals surface area contributed by atoms with Crippen LogP contribution in [0.2, 0.25) is 0 Å². The second-order valence-corrected chi connectivity index (χ2v) is 3.63. The van der Waals surface area contributed by atoms with Crippen LogP contribution in [0.5, 0.6) is 0 Å². The van der Waals surface area contributed by atoms with Crippen LogP contribution in [0.25, 0.3) is 0 Å². The molecule has 0 heterocycles. The van der Waals surface area contributed by atoms with Gasteiger partial charge in [-0.3, -0.25) is 0 Å². The van der Waals surface area contributed by atoms with Gasteiger partial charge < -0.3 is 5.73 Å². The summed E-state index contributed by atoms with van der Waals surface area (Å²) in [6.45, 7) is 8.04. The molecular weight excluding hydrogens is 170 g/mol. The van der Waals surface area contributed by atoms with E-state index in [0.717, 1.165) is 12.8 Å². The summed E-state index contributed by atoms with van der Waals surface area (Å²) >= 11 is 0. The van der Waals surface area contributed by atoms with Crippen molar-refractivity contribution in [2.45, 2.75) is 32.7 Å². The van der Waals surface area contributed by atoms with Gasteiger partial charge in [-0.25, -0.2) is 0 Å². The molecule has 0 aliphatic rings. The highest BCUT2D eigenvalue weighted by Crippen LogP contribution is 2.22. The molecule has 1 atom stereocenters. The number of hydrogen-bond acceptors (Lipinski definition) is 1.